The van der Waals surface area contributed by atoms with Gasteiger partial charge in [0, 0.05) is 43.9 Å². The molecule has 7 heteroatoms. The highest BCUT2D eigenvalue weighted by molar-refractivity contribution is 5.81. The molecule has 28 heavy (non-hydrogen) atoms. The van der Waals surface area contributed by atoms with Crippen LogP contribution in [0.4, 0.5) is 0 Å². The molecule has 0 aromatic carbocycles. The number of ether oxygens (including phenoxy) is 1. The number of likely N-dealkylation sites (tertiary alicyclic amines) is 1. The second-order valence-corrected chi connectivity index (χ2v) is 8.02. The van der Waals surface area contributed by atoms with Gasteiger partial charge in [0.05, 0.1) is 13.2 Å². The molecule has 2 fully saturated rings. The lowest BCUT2D eigenvalue weighted by Crippen LogP contribution is -2.45. The fourth-order valence-corrected chi connectivity index (χ4v) is 3.24. The molecule has 1 aromatic heterocycles. The number of nitrogens with one attached hydrogen (secondary N) is 2. The van der Waals surface area contributed by atoms with E-state index in [0.29, 0.717) is 18.3 Å². The van der Waals surface area contributed by atoms with Crippen LogP contribution in [-0.2, 0) is 11.3 Å². The van der Waals surface area contributed by atoms with Gasteiger partial charge in [0.2, 0.25) is 11.8 Å². The van der Waals surface area contributed by atoms with Crippen LogP contribution in [0.2, 0.25) is 0 Å². The fraction of sp³-hybridized carbons (Fsp3) is 0.667. The zero-order valence-electron chi connectivity index (χ0n) is 17.3. The molecule has 1 amide bonds. The normalized spacial score (nSPS) is 19.8. The van der Waals surface area contributed by atoms with Gasteiger partial charge in [-0.3, -0.25) is 4.79 Å². The maximum Gasteiger partial charge on any atom is 0.225 e. The Hall–Kier alpha value is -2.31. The minimum absolute atomic E-state index is 0.0451. The van der Waals surface area contributed by atoms with E-state index < -0.39 is 0 Å². The zero-order valence-corrected chi connectivity index (χ0v) is 17.3. The Labute approximate surface area is 168 Å². The first-order valence-corrected chi connectivity index (χ1v) is 10.5. The number of carbonyl (C=O) groups is 1. The molecule has 1 aromatic rings. The molecule has 2 N–H and O–H groups in total. The summed E-state index contributed by atoms with van der Waals surface area (Å²) in [6, 6.07) is 4.17. The van der Waals surface area contributed by atoms with Crippen molar-refractivity contribution in [2.24, 2.45) is 16.8 Å². The van der Waals surface area contributed by atoms with Crippen molar-refractivity contribution in [3.8, 4) is 5.88 Å². The topological polar surface area (TPSA) is 78.9 Å². The van der Waals surface area contributed by atoms with E-state index in [4.69, 9.17) is 9.73 Å². The van der Waals surface area contributed by atoms with Gasteiger partial charge < -0.3 is 20.3 Å². The second-order valence-electron chi connectivity index (χ2n) is 8.02. The van der Waals surface area contributed by atoms with Crippen LogP contribution in [0.15, 0.2) is 23.3 Å². The van der Waals surface area contributed by atoms with Crippen molar-refractivity contribution in [2.75, 3.05) is 26.2 Å². The summed E-state index contributed by atoms with van der Waals surface area (Å²) in [4.78, 5) is 23.1. The smallest absolute Gasteiger partial charge is 0.225 e. The summed E-state index contributed by atoms with van der Waals surface area (Å²) in [5.74, 6) is 2.44. The molecule has 1 unspecified atom stereocenters. The van der Waals surface area contributed by atoms with Gasteiger partial charge >= 0.3 is 0 Å². The monoisotopic (exact) mass is 387 g/mol. The van der Waals surface area contributed by atoms with Crippen molar-refractivity contribution in [3.63, 3.8) is 0 Å². The molecule has 2 heterocycles. The van der Waals surface area contributed by atoms with Gasteiger partial charge in [0.25, 0.3) is 0 Å². The van der Waals surface area contributed by atoms with Crippen LogP contribution in [0.5, 0.6) is 5.88 Å². The molecule has 0 bridgehead atoms. The maximum atomic E-state index is 12.2. The van der Waals surface area contributed by atoms with E-state index >= 15 is 0 Å². The van der Waals surface area contributed by atoms with Crippen molar-refractivity contribution in [2.45, 2.75) is 52.6 Å². The van der Waals surface area contributed by atoms with E-state index in [1.165, 1.54) is 12.8 Å². The molecule has 1 atom stereocenters. The molecular weight excluding hydrogens is 354 g/mol. The largest absolute Gasteiger partial charge is 0.477 e. The lowest BCUT2D eigenvalue weighted by molar-refractivity contribution is -0.133. The molecule has 0 spiro atoms. The van der Waals surface area contributed by atoms with Gasteiger partial charge in [0.15, 0.2) is 5.96 Å². The van der Waals surface area contributed by atoms with Crippen molar-refractivity contribution >= 4 is 11.9 Å². The van der Waals surface area contributed by atoms with Crippen molar-refractivity contribution in [3.05, 3.63) is 23.9 Å². The standard InChI is InChI=1S/C21H33N5O2/c1-4-22-21(25-18-8-10-26(13-18)20(27)15(2)3)24-12-17-7-9-23-19(11-17)28-14-16-5-6-16/h7,9,11,15-16,18H,4-6,8,10,12-14H2,1-3H3,(H2,22,24,25). The first kappa shape index (κ1) is 20.4. The van der Waals surface area contributed by atoms with Crippen LogP contribution in [0, 0.1) is 11.8 Å². The Morgan fingerprint density at radius 3 is 2.93 bits per heavy atom. The Balaban J connectivity index is 1.54. The predicted molar refractivity (Wildman–Crippen MR) is 110 cm³/mol. The number of guanidine groups is 1. The van der Waals surface area contributed by atoms with Crippen molar-refractivity contribution in [1.82, 2.24) is 20.5 Å². The highest BCUT2D eigenvalue weighted by Crippen LogP contribution is 2.29. The fourth-order valence-electron chi connectivity index (χ4n) is 3.24. The van der Waals surface area contributed by atoms with Crippen LogP contribution in [0.1, 0.15) is 45.6 Å². The van der Waals surface area contributed by atoms with E-state index in [-0.39, 0.29) is 17.9 Å². The number of rotatable bonds is 8. The Morgan fingerprint density at radius 2 is 2.21 bits per heavy atom. The molecule has 2 aliphatic rings. The van der Waals surface area contributed by atoms with Crippen LogP contribution < -0.4 is 15.4 Å². The van der Waals surface area contributed by atoms with Gasteiger partial charge in [-0.15, -0.1) is 0 Å². The summed E-state index contributed by atoms with van der Waals surface area (Å²) in [5.41, 5.74) is 1.07. The van der Waals surface area contributed by atoms with Crippen molar-refractivity contribution < 1.29 is 9.53 Å². The van der Waals surface area contributed by atoms with Gasteiger partial charge in [-0.05, 0) is 43.7 Å². The first-order valence-electron chi connectivity index (χ1n) is 10.5. The van der Waals surface area contributed by atoms with Crippen LogP contribution in [0.25, 0.3) is 0 Å². The quantitative estimate of drug-likeness (QED) is 0.528. The molecule has 3 rings (SSSR count). The average molecular weight is 388 g/mol. The van der Waals surface area contributed by atoms with Gasteiger partial charge in [-0.2, -0.15) is 0 Å². The molecule has 1 saturated heterocycles. The number of carbonyl (C=O) groups excluding carboxylic acids is 1. The molecule has 1 aliphatic carbocycles. The predicted octanol–water partition coefficient (Wildman–Crippen LogP) is 2.18. The van der Waals surface area contributed by atoms with E-state index in [2.05, 4.69) is 22.5 Å². The number of amides is 1. The molecule has 154 valence electrons. The van der Waals surface area contributed by atoms with Gasteiger partial charge in [0.1, 0.15) is 0 Å². The number of aromatic nitrogens is 1. The number of nitrogens with zero attached hydrogens (tertiary/aromatic N) is 3. The number of hydrogen-bond acceptors (Lipinski definition) is 4. The number of aliphatic imine (C=N–C) groups is 1. The molecule has 1 aliphatic heterocycles. The van der Waals surface area contributed by atoms with E-state index in [0.717, 1.165) is 44.2 Å². The molecule has 0 radical (unpaired) electrons. The molecule has 1 saturated carbocycles. The SMILES string of the molecule is CCNC(=NCc1ccnc(OCC2CC2)c1)NC1CCN(C(=O)C(C)C)C1. The van der Waals surface area contributed by atoms with E-state index in [1.807, 2.05) is 30.9 Å². The summed E-state index contributed by atoms with van der Waals surface area (Å²) < 4.78 is 5.76. The Morgan fingerprint density at radius 1 is 1.39 bits per heavy atom. The minimum atomic E-state index is 0.0451. The van der Waals surface area contributed by atoms with Crippen LogP contribution >= 0.6 is 0 Å². The maximum absolute atomic E-state index is 12.2. The third-order valence-corrected chi connectivity index (χ3v) is 5.06. The highest BCUT2D eigenvalue weighted by Gasteiger charge is 2.28. The third-order valence-electron chi connectivity index (χ3n) is 5.06. The Kier molecular flexibility index (Phi) is 7.12. The summed E-state index contributed by atoms with van der Waals surface area (Å²) >= 11 is 0. The van der Waals surface area contributed by atoms with E-state index in [9.17, 15) is 4.79 Å². The van der Waals surface area contributed by atoms with E-state index in [1.54, 1.807) is 6.20 Å². The minimum Gasteiger partial charge on any atom is -0.477 e. The Bertz CT molecular complexity index is 687. The summed E-state index contributed by atoms with van der Waals surface area (Å²) in [6.45, 7) is 9.60. The van der Waals surface area contributed by atoms with Crippen LogP contribution in [0.3, 0.4) is 0 Å². The lowest BCUT2D eigenvalue weighted by Gasteiger charge is -2.20. The van der Waals surface area contributed by atoms with Gasteiger partial charge in [-0.1, -0.05) is 13.8 Å². The van der Waals surface area contributed by atoms with Crippen molar-refractivity contribution in [1.29, 1.82) is 0 Å². The second kappa shape index (κ2) is 9.75. The first-order chi connectivity index (χ1) is 13.5. The summed E-state index contributed by atoms with van der Waals surface area (Å²) in [6.07, 6.45) is 5.25. The molecular formula is C21H33N5O2. The lowest BCUT2D eigenvalue weighted by atomic mass is 10.2. The van der Waals surface area contributed by atoms with Crippen LogP contribution in [-0.4, -0.2) is 54.0 Å². The number of pyridine rings is 1. The highest BCUT2D eigenvalue weighted by atomic mass is 16.5. The third kappa shape index (κ3) is 6.11. The molecule has 7 nitrogen and oxygen atoms in total. The average Bonchev–Trinajstić information content (AvgIpc) is 3.41. The summed E-state index contributed by atoms with van der Waals surface area (Å²) in [5, 5.41) is 6.77. The van der Waals surface area contributed by atoms with Gasteiger partial charge in [-0.25, -0.2) is 9.98 Å². The zero-order chi connectivity index (χ0) is 19.9. The number of hydrogen-bond donors (Lipinski definition) is 2. The summed E-state index contributed by atoms with van der Waals surface area (Å²) in [7, 11) is 0.